The van der Waals surface area contributed by atoms with Crippen molar-refractivity contribution < 1.29 is 24.2 Å². The van der Waals surface area contributed by atoms with E-state index in [1.54, 1.807) is 61.7 Å². The van der Waals surface area contributed by atoms with Gasteiger partial charge >= 0.3 is 0 Å². The number of Topliss-reactive ketones (excluding diaryl/α,β-unsaturated/α-hetero) is 1. The first kappa shape index (κ1) is 28.0. The van der Waals surface area contributed by atoms with Gasteiger partial charge in [-0.15, -0.1) is 5.11 Å². The van der Waals surface area contributed by atoms with E-state index in [9.17, 15) is 19.5 Å². The summed E-state index contributed by atoms with van der Waals surface area (Å²) in [7, 11) is 1.55. The third-order valence-corrected chi connectivity index (χ3v) is 6.30. The van der Waals surface area contributed by atoms with Crippen LogP contribution in [0, 0.1) is 0 Å². The van der Waals surface area contributed by atoms with E-state index in [0.717, 1.165) is 12.8 Å². The number of hydrogen-bond donors (Lipinski definition) is 3. The van der Waals surface area contributed by atoms with Crippen LogP contribution >= 0.6 is 0 Å². The van der Waals surface area contributed by atoms with Gasteiger partial charge in [0.1, 0.15) is 11.4 Å². The number of carbonyl (C=O) groups is 3. The lowest BCUT2D eigenvalue weighted by molar-refractivity contribution is 0.0938. The molecule has 0 atom stereocenters. The Morgan fingerprint density at radius 3 is 2.33 bits per heavy atom. The summed E-state index contributed by atoms with van der Waals surface area (Å²) in [6.07, 6.45) is 1.73. The molecule has 0 radical (unpaired) electrons. The molecular weight excluding hydrogens is 508 g/mol. The average Bonchev–Trinajstić information content (AvgIpc) is 2.96. The molecule has 0 heterocycles. The lowest BCUT2D eigenvalue weighted by atomic mass is 10.0. The van der Waals surface area contributed by atoms with Crippen LogP contribution in [-0.2, 0) is 0 Å². The van der Waals surface area contributed by atoms with Gasteiger partial charge in [0.25, 0.3) is 11.8 Å². The number of rotatable bonds is 10. The molecule has 0 unspecified atom stereocenters. The van der Waals surface area contributed by atoms with Gasteiger partial charge in [-0.25, -0.2) is 0 Å². The molecule has 40 heavy (non-hydrogen) atoms. The quantitative estimate of drug-likeness (QED) is 0.114. The van der Waals surface area contributed by atoms with Crippen LogP contribution in [0.4, 0.5) is 17.1 Å². The fourth-order valence-corrected chi connectivity index (χ4v) is 4.14. The van der Waals surface area contributed by atoms with Crippen molar-refractivity contribution in [2.24, 2.45) is 10.2 Å². The molecule has 4 rings (SSSR count). The maximum absolute atomic E-state index is 13.1. The van der Waals surface area contributed by atoms with E-state index in [4.69, 9.17) is 4.74 Å². The molecule has 3 N–H and O–H groups in total. The van der Waals surface area contributed by atoms with E-state index in [1.165, 1.54) is 19.1 Å². The molecule has 0 aliphatic rings. The van der Waals surface area contributed by atoms with Crippen LogP contribution in [0.15, 0.2) is 83.0 Å². The van der Waals surface area contributed by atoms with E-state index < -0.39 is 5.91 Å². The summed E-state index contributed by atoms with van der Waals surface area (Å²) >= 11 is 0. The molecule has 0 fully saturated rings. The zero-order chi connectivity index (χ0) is 28.6. The minimum Gasteiger partial charge on any atom is -0.505 e. The van der Waals surface area contributed by atoms with Gasteiger partial charge in [-0.05, 0) is 67.3 Å². The van der Waals surface area contributed by atoms with Crippen LogP contribution in [-0.4, -0.2) is 36.4 Å². The summed E-state index contributed by atoms with van der Waals surface area (Å²) in [4.78, 5) is 38.1. The minimum absolute atomic E-state index is 0.0198. The normalized spacial score (nSPS) is 11.0. The maximum Gasteiger partial charge on any atom is 0.259 e. The number of fused-ring (bicyclic) bond motifs is 1. The SMILES string of the molecule is CCCCNC(=O)c1cc(N=Nc2c(O)c(C(=O)Nc3ccc(OC)cc3)cc3ccccc23)ccc1C(C)=O. The van der Waals surface area contributed by atoms with Gasteiger partial charge < -0.3 is 20.5 Å². The first-order valence-corrected chi connectivity index (χ1v) is 12.9. The molecule has 9 nitrogen and oxygen atoms in total. The third-order valence-electron chi connectivity index (χ3n) is 6.30. The van der Waals surface area contributed by atoms with Crippen LogP contribution in [0.2, 0.25) is 0 Å². The number of hydrogen-bond acceptors (Lipinski definition) is 7. The summed E-state index contributed by atoms with van der Waals surface area (Å²) < 4.78 is 5.15. The van der Waals surface area contributed by atoms with Crippen molar-refractivity contribution in [2.45, 2.75) is 26.7 Å². The third kappa shape index (κ3) is 6.32. The van der Waals surface area contributed by atoms with Crippen LogP contribution in [0.5, 0.6) is 11.5 Å². The van der Waals surface area contributed by atoms with Crippen LogP contribution in [0.1, 0.15) is 57.8 Å². The summed E-state index contributed by atoms with van der Waals surface area (Å²) in [5, 5.41) is 26.5. The van der Waals surface area contributed by atoms with Crippen LogP contribution in [0.25, 0.3) is 10.8 Å². The van der Waals surface area contributed by atoms with Crippen molar-refractivity contribution in [1.82, 2.24) is 5.32 Å². The number of anilines is 1. The van der Waals surface area contributed by atoms with Crippen LogP contribution in [0.3, 0.4) is 0 Å². The lowest BCUT2D eigenvalue weighted by Gasteiger charge is -2.12. The Morgan fingerprint density at radius 2 is 1.62 bits per heavy atom. The summed E-state index contributed by atoms with van der Waals surface area (Å²) in [5.74, 6) is -0.843. The zero-order valence-corrected chi connectivity index (χ0v) is 22.5. The van der Waals surface area contributed by atoms with Crippen LogP contribution < -0.4 is 15.4 Å². The van der Waals surface area contributed by atoms with E-state index in [-0.39, 0.29) is 39.8 Å². The Hall–Kier alpha value is -5.05. The van der Waals surface area contributed by atoms with Crippen molar-refractivity contribution >= 4 is 45.4 Å². The van der Waals surface area contributed by atoms with Crippen molar-refractivity contribution in [1.29, 1.82) is 0 Å². The monoisotopic (exact) mass is 538 g/mol. The van der Waals surface area contributed by atoms with E-state index >= 15 is 0 Å². The topological polar surface area (TPSA) is 129 Å². The number of phenolic OH excluding ortho intramolecular Hbond substituents is 1. The number of phenols is 1. The van der Waals surface area contributed by atoms with Gasteiger partial charge in [0.05, 0.1) is 23.9 Å². The second kappa shape index (κ2) is 12.7. The van der Waals surface area contributed by atoms with Crippen molar-refractivity contribution in [3.63, 3.8) is 0 Å². The molecule has 4 aromatic rings. The highest BCUT2D eigenvalue weighted by atomic mass is 16.5. The number of carbonyl (C=O) groups excluding carboxylic acids is 3. The predicted molar refractivity (Wildman–Crippen MR) is 154 cm³/mol. The molecule has 0 aromatic heterocycles. The largest absolute Gasteiger partial charge is 0.505 e. The number of aromatic hydroxyl groups is 1. The highest BCUT2D eigenvalue weighted by molar-refractivity contribution is 6.12. The Kier molecular flexibility index (Phi) is 8.86. The van der Waals surface area contributed by atoms with E-state index in [1.807, 2.05) is 13.0 Å². The molecule has 0 aliphatic heterocycles. The van der Waals surface area contributed by atoms with Gasteiger partial charge in [0.15, 0.2) is 11.5 Å². The Balaban J connectivity index is 1.70. The van der Waals surface area contributed by atoms with Crippen molar-refractivity contribution in [3.8, 4) is 11.5 Å². The smallest absolute Gasteiger partial charge is 0.259 e. The highest BCUT2D eigenvalue weighted by Gasteiger charge is 2.19. The number of ketones is 1. The number of ether oxygens (including phenoxy) is 1. The number of nitrogens with one attached hydrogen (secondary N) is 2. The Bertz CT molecular complexity index is 1600. The van der Waals surface area contributed by atoms with Gasteiger partial charge in [0, 0.05) is 23.2 Å². The second-order valence-electron chi connectivity index (χ2n) is 9.12. The fourth-order valence-electron chi connectivity index (χ4n) is 4.14. The number of unbranched alkanes of at least 4 members (excludes halogenated alkanes) is 1. The molecule has 9 heteroatoms. The standard InChI is InChI=1S/C31H30N4O5/c1-4-5-16-32-30(38)26-18-22(12-15-24(26)19(2)36)34-35-28-25-9-7-6-8-20(25)17-27(29(28)37)31(39)33-21-10-13-23(40-3)14-11-21/h6-15,17-18,37H,4-5,16H2,1-3H3,(H,32,38)(H,33,39). The lowest BCUT2D eigenvalue weighted by Crippen LogP contribution is -2.26. The first-order chi connectivity index (χ1) is 19.3. The zero-order valence-electron chi connectivity index (χ0n) is 22.5. The molecule has 4 aromatic carbocycles. The molecule has 2 amide bonds. The number of azo groups is 1. The molecule has 0 spiro atoms. The summed E-state index contributed by atoms with van der Waals surface area (Å²) in [6, 6.07) is 20.2. The van der Waals surface area contributed by atoms with Gasteiger partial charge in [-0.1, -0.05) is 37.6 Å². The second-order valence-corrected chi connectivity index (χ2v) is 9.12. The van der Waals surface area contributed by atoms with Crippen molar-refractivity contribution in [2.75, 3.05) is 19.0 Å². The van der Waals surface area contributed by atoms with Gasteiger partial charge in [0.2, 0.25) is 0 Å². The van der Waals surface area contributed by atoms with Gasteiger partial charge in [-0.3, -0.25) is 14.4 Å². The molecule has 0 saturated heterocycles. The summed E-state index contributed by atoms with van der Waals surface area (Å²) in [5.41, 5.74) is 1.42. The molecule has 0 saturated carbocycles. The average molecular weight is 539 g/mol. The van der Waals surface area contributed by atoms with E-state index in [2.05, 4.69) is 20.9 Å². The number of amides is 2. The fraction of sp³-hybridized carbons (Fsp3) is 0.194. The molecule has 0 aliphatic carbocycles. The highest BCUT2D eigenvalue weighted by Crippen LogP contribution is 2.39. The molecule has 204 valence electrons. The Labute approximate surface area is 231 Å². The van der Waals surface area contributed by atoms with Crippen molar-refractivity contribution in [3.05, 3.63) is 89.5 Å². The summed E-state index contributed by atoms with van der Waals surface area (Å²) in [6.45, 7) is 3.90. The molecule has 0 bridgehead atoms. The Morgan fingerprint density at radius 1 is 0.875 bits per heavy atom. The molecular formula is C31H30N4O5. The van der Waals surface area contributed by atoms with E-state index in [0.29, 0.717) is 34.4 Å². The maximum atomic E-state index is 13.1. The number of benzene rings is 4. The number of nitrogens with zero attached hydrogens (tertiary/aromatic N) is 2. The first-order valence-electron chi connectivity index (χ1n) is 12.9. The number of methoxy groups -OCH3 is 1. The predicted octanol–water partition coefficient (Wildman–Crippen LogP) is 6.95. The minimum atomic E-state index is -0.526. The van der Waals surface area contributed by atoms with Gasteiger partial charge in [-0.2, -0.15) is 5.11 Å².